The number of ether oxygens (including phenoxy) is 1. The van der Waals surface area contributed by atoms with Crippen molar-refractivity contribution in [2.24, 2.45) is 0 Å². The lowest BCUT2D eigenvalue weighted by atomic mass is 10.1. The van der Waals surface area contributed by atoms with Gasteiger partial charge in [-0.15, -0.1) is 0 Å². The van der Waals surface area contributed by atoms with Crippen molar-refractivity contribution in [3.63, 3.8) is 0 Å². The molecule has 3 amide bonds. The van der Waals surface area contributed by atoms with Crippen LogP contribution < -0.4 is 10.6 Å². The zero-order valence-corrected chi connectivity index (χ0v) is 15.5. The van der Waals surface area contributed by atoms with Gasteiger partial charge in [-0.1, -0.05) is 19.1 Å². The van der Waals surface area contributed by atoms with E-state index in [-0.39, 0.29) is 30.2 Å². The predicted molar refractivity (Wildman–Crippen MR) is 97.5 cm³/mol. The van der Waals surface area contributed by atoms with Crippen LogP contribution >= 0.6 is 0 Å². The number of nitrogens with one attached hydrogen (secondary N) is 2. The lowest BCUT2D eigenvalue weighted by molar-refractivity contribution is -0.0586. The largest absolute Gasteiger partial charge is 0.372 e. The molecule has 2 rings (SSSR count). The van der Waals surface area contributed by atoms with Crippen molar-refractivity contribution in [2.45, 2.75) is 58.9 Å². The quantitative estimate of drug-likeness (QED) is 0.860. The first-order valence-corrected chi connectivity index (χ1v) is 8.97. The van der Waals surface area contributed by atoms with Gasteiger partial charge in [-0.05, 0) is 44.9 Å². The predicted octanol–water partition coefficient (Wildman–Crippen LogP) is 2.53. The van der Waals surface area contributed by atoms with E-state index < -0.39 is 0 Å². The number of hydrogen-bond donors (Lipinski definition) is 2. The highest BCUT2D eigenvalue weighted by Crippen LogP contribution is 2.15. The molecule has 2 N–H and O–H groups in total. The summed E-state index contributed by atoms with van der Waals surface area (Å²) in [6.07, 6.45) is 1.00. The van der Waals surface area contributed by atoms with E-state index in [1.54, 1.807) is 0 Å². The number of carbonyl (C=O) groups excluding carboxylic acids is 2. The molecule has 3 unspecified atom stereocenters. The van der Waals surface area contributed by atoms with E-state index in [1.807, 2.05) is 56.9 Å². The van der Waals surface area contributed by atoms with Gasteiger partial charge >= 0.3 is 6.03 Å². The van der Waals surface area contributed by atoms with Gasteiger partial charge in [0.15, 0.2) is 0 Å². The average Bonchev–Trinajstić information content (AvgIpc) is 2.58. The Morgan fingerprint density at radius 3 is 2.36 bits per heavy atom. The van der Waals surface area contributed by atoms with Gasteiger partial charge in [0.05, 0.1) is 12.2 Å². The Kier molecular flexibility index (Phi) is 6.82. The smallest absolute Gasteiger partial charge is 0.315 e. The minimum Gasteiger partial charge on any atom is -0.372 e. The van der Waals surface area contributed by atoms with Crippen LogP contribution in [-0.2, 0) is 11.3 Å². The maximum absolute atomic E-state index is 12.6. The first kappa shape index (κ1) is 19.2. The molecule has 1 fully saturated rings. The molecule has 1 heterocycles. The van der Waals surface area contributed by atoms with Crippen molar-refractivity contribution in [1.29, 1.82) is 0 Å². The maximum Gasteiger partial charge on any atom is 0.315 e. The van der Waals surface area contributed by atoms with Gasteiger partial charge < -0.3 is 20.3 Å². The topological polar surface area (TPSA) is 70.7 Å². The number of amides is 3. The number of rotatable bonds is 5. The SMILES string of the molecule is CCC(C)NC(=O)NCc1ccc(C(=O)N2CC(C)OC(C)C2)cc1. The van der Waals surface area contributed by atoms with Crippen molar-refractivity contribution < 1.29 is 14.3 Å². The van der Waals surface area contributed by atoms with E-state index in [0.29, 0.717) is 25.2 Å². The van der Waals surface area contributed by atoms with Crippen molar-refractivity contribution in [3.8, 4) is 0 Å². The van der Waals surface area contributed by atoms with Crippen LogP contribution in [0.5, 0.6) is 0 Å². The molecule has 3 atom stereocenters. The number of hydrogen-bond acceptors (Lipinski definition) is 3. The minimum atomic E-state index is -0.175. The number of morpholine rings is 1. The van der Waals surface area contributed by atoms with E-state index in [9.17, 15) is 9.59 Å². The molecule has 0 radical (unpaired) electrons. The molecule has 138 valence electrons. The molecule has 25 heavy (non-hydrogen) atoms. The highest BCUT2D eigenvalue weighted by atomic mass is 16.5. The summed E-state index contributed by atoms with van der Waals surface area (Å²) in [6.45, 7) is 9.61. The van der Waals surface area contributed by atoms with Gasteiger partial charge in [0, 0.05) is 31.2 Å². The first-order chi connectivity index (χ1) is 11.9. The fourth-order valence-electron chi connectivity index (χ4n) is 2.85. The maximum atomic E-state index is 12.6. The third-order valence-electron chi connectivity index (χ3n) is 4.35. The molecule has 0 bridgehead atoms. The van der Waals surface area contributed by atoms with Gasteiger partial charge in [-0.3, -0.25) is 4.79 Å². The number of carbonyl (C=O) groups is 2. The zero-order valence-electron chi connectivity index (χ0n) is 15.5. The number of urea groups is 1. The molecule has 1 saturated heterocycles. The van der Waals surface area contributed by atoms with Gasteiger partial charge in [0.1, 0.15) is 0 Å². The van der Waals surface area contributed by atoms with Crippen molar-refractivity contribution >= 4 is 11.9 Å². The summed E-state index contributed by atoms with van der Waals surface area (Å²) in [4.78, 5) is 26.2. The Bertz CT molecular complexity index is 578. The van der Waals surface area contributed by atoms with Crippen molar-refractivity contribution in [2.75, 3.05) is 13.1 Å². The molecule has 1 aromatic rings. The van der Waals surface area contributed by atoms with E-state index in [4.69, 9.17) is 4.74 Å². The zero-order chi connectivity index (χ0) is 18.4. The highest BCUT2D eigenvalue weighted by molar-refractivity contribution is 5.94. The molecule has 6 heteroatoms. The molecule has 0 saturated carbocycles. The molecule has 1 aliphatic heterocycles. The summed E-state index contributed by atoms with van der Waals surface area (Å²) >= 11 is 0. The fraction of sp³-hybridized carbons (Fsp3) is 0.579. The van der Waals surface area contributed by atoms with Crippen LogP contribution in [0.25, 0.3) is 0 Å². The summed E-state index contributed by atoms with van der Waals surface area (Å²) < 4.78 is 5.67. The summed E-state index contributed by atoms with van der Waals surface area (Å²) in [5.74, 6) is 0.0241. The monoisotopic (exact) mass is 347 g/mol. The summed E-state index contributed by atoms with van der Waals surface area (Å²) in [7, 11) is 0. The number of nitrogens with zero attached hydrogens (tertiary/aromatic N) is 1. The first-order valence-electron chi connectivity index (χ1n) is 8.97. The van der Waals surface area contributed by atoms with E-state index >= 15 is 0 Å². The molecule has 0 aromatic heterocycles. The minimum absolute atomic E-state index is 0.0241. The number of benzene rings is 1. The Balaban J connectivity index is 1.89. The molecule has 0 spiro atoms. The van der Waals surface area contributed by atoms with Gasteiger partial charge in [-0.2, -0.15) is 0 Å². The second kappa shape index (κ2) is 8.85. The molecular formula is C19H29N3O3. The van der Waals surface area contributed by atoms with Crippen LogP contribution in [0.1, 0.15) is 50.0 Å². The van der Waals surface area contributed by atoms with Crippen LogP contribution in [-0.4, -0.2) is 48.2 Å². The summed E-state index contributed by atoms with van der Waals surface area (Å²) in [5.41, 5.74) is 1.62. The summed E-state index contributed by atoms with van der Waals surface area (Å²) in [5, 5.41) is 5.68. The molecule has 6 nitrogen and oxygen atoms in total. The molecule has 0 aliphatic carbocycles. The Hall–Kier alpha value is -2.08. The standard InChI is InChI=1S/C19H29N3O3/c1-5-13(2)21-19(24)20-10-16-6-8-17(9-7-16)18(23)22-11-14(3)25-15(4)12-22/h6-9,13-15H,5,10-12H2,1-4H3,(H2,20,21,24). The van der Waals surface area contributed by atoms with Crippen LogP contribution in [0.3, 0.4) is 0 Å². The van der Waals surface area contributed by atoms with Gasteiger partial charge in [0.2, 0.25) is 0 Å². The highest BCUT2D eigenvalue weighted by Gasteiger charge is 2.26. The molecule has 1 aromatic carbocycles. The lowest BCUT2D eigenvalue weighted by Crippen LogP contribution is -2.48. The summed E-state index contributed by atoms with van der Waals surface area (Å²) in [6, 6.07) is 7.37. The second-order valence-electron chi connectivity index (χ2n) is 6.80. The van der Waals surface area contributed by atoms with Crippen LogP contribution in [0.2, 0.25) is 0 Å². The Morgan fingerprint density at radius 2 is 1.80 bits per heavy atom. The Labute approximate surface area is 149 Å². The fourth-order valence-corrected chi connectivity index (χ4v) is 2.85. The molecular weight excluding hydrogens is 318 g/mol. The van der Waals surface area contributed by atoms with Gasteiger partial charge in [0.25, 0.3) is 5.91 Å². The average molecular weight is 347 g/mol. The third kappa shape index (κ3) is 5.74. The van der Waals surface area contributed by atoms with Crippen molar-refractivity contribution in [3.05, 3.63) is 35.4 Å². The van der Waals surface area contributed by atoms with Gasteiger partial charge in [-0.25, -0.2) is 4.79 Å². The van der Waals surface area contributed by atoms with E-state index in [0.717, 1.165) is 12.0 Å². The van der Waals surface area contributed by atoms with E-state index in [2.05, 4.69) is 10.6 Å². The second-order valence-corrected chi connectivity index (χ2v) is 6.80. The van der Waals surface area contributed by atoms with Crippen LogP contribution in [0.15, 0.2) is 24.3 Å². The normalized spacial score (nSPS) is 21.5. The van der Waals surface area contributed by atoms with E-state index in [1.165, 1.54) is 0 Å². The lowest BCUT2D eigenvalue weighted by Gasteiger charge is -2.35. The van der Waals surface area contributed by atoms with Crippen molar-refractivity contribution in [1.82, 2.24) is 15.5 Å². The van der Waals surface area contributed by atoms with Crippen LogP contribution in [0.4, 0.5) is 4.79 Å². The molecule has 1 aliphatic rings. The third-order valence-corrected chi connectivity index (χ3v) is 4.35. The Morgan fingerprint density at radius 1 is 1.20 bits per heavy atom. The van der Waals surface area contributed by atoms with Crippen LogP contribution in [0, 0.1) is 0 Å².